The number of carbonyl (C=O) groups is 1. The zero-order chi connectivity index (χ0) is 22.3. The van der Waals surface area contributed by atoms with Crippen LogP contribution in [-0.2, 0) is 21.2 Å². The lowest BCUT2D eigenvalue weighted by Crippen LogP contribution is -2.45. The molecule has 0 spiro atoms. The van der Waals surface area contributed by atoms with E-state index in [1.165, 1.54) is 9.87 Å². The Balaban J connectivity index is 1.47. The van der Waals surface area contributed by atoms with E-state index in [9.17, 15) is 13.2 Å². The van der Waals surface area contributed by atoms with Crippen LogP contribution < -0.4 is 10.1 Å². The highest BCUT2D eigenvalue weighted by Crippen LogP contribution is 2.24. The number of hydrogen-bond acceptors (Lipinski definition) is 4. The molecule has 1 amide bonds. The van der Waals surface area contributed by atoms with Crippen LogP contribution in [0.15, 0.2) is 53.4 Å². The highest BCUT2D eigenvalue weighted by molar-refractivity contribution is 7.89. The lowest BCUT2D eigenvalue weighted by molar-refractivity contribution is -0.126. The molecular formula is C24H32N2O4S. The largest absolute Gasteiger partial charge is 0.494 e. The molecule has 1 N–H and O–H groups in total. The third-order valence-corrected chi connectivity index (χ3v) is 7.47. The first-order chi connectivity index (χ1) is 14.9. The van der Waals surface area contributed by atoms with Crippen LogP contribution >= 0.6 is 0 Å². The van der Waals surface area contributed by atoms with Gasteiger partial charge in [-0.05, 0) is 69.4 Å². The lowest BCUT2D eigenvalue weighted by atomic mass is 9.99. The molecule has 0 aromatic heterocycles. The molecule has 3 rings (SSSR count). The number of sulfonamides is 1. The molecule has 1 aliphatic heterocycles. The number of rotatable bonds is 9. The quantitative estimate of drug-likeness (QED) is 0.600. The van der Waals surface area contributed by atoms with Crippen LogP contribution in [0.4, 0.5) is 0 Å². The van der Waals surface area contributed by atoms with Gasteiger partial charge in [0.25, 0.3) is 0 Å². The van der Waals surface area contributed by atoms with Gasteiger partial charge in [0.2, 0.25) is 15.9 Å². The first-order valence-electron chi connectivity index (χ1n) is 11.0. The Morgan fingerprint density at radius 3 is 2.52 bits per heavy atom. The summed E-state index contributed by atoms with van der Waals surface area (Å²) in [6.45, 7) is 5.80. The normalized spacial score (nSPS) is 17.3. The molecule has 7 heteroatoms. The van der Waals surface area contributed by atoms with Crippen molar-refractivity contribution in [1.82, 2.24) is 9.62 Å². The maximum atomic E-state index is 12.9. The van der Waals surface area contributed by atoms with Gasteiger partial charge in [0.05, 0.1) is 17.4 Å². The summed E-state index contributed by atoms with van der Waals surface area (Å²) in [7, 11) is -3.57. The van der Waals surface area contributed by atoms with E-state index < -0.39 is 10.0 Å². The van der Waals surface area contributed by atoms with Gasteiger partial charge in [-0.3, -0.25) is 4.79 Å². The predicted octanol–water partition coefficient (Wildman–Crippen LogP) is 3.54. The van der Waals surface area contributed by atoms with Crippen LogP contribution in [0.5, 0.6) is 5.75 Å². The van der Waals surface area contributed by atoms with E-state index in [2.05, 4.69) is 5.32 Å². The lowest BCUT2D eigenvalue weighted by Gasteiger charge is -2.31. The number of carbonyl (C=O) groups excluding carboxylic acids is 1. The van der Waals surface area contributed by atoms with Gasteiger partial charge in [-0.25, -0.2) is 8.42 Å². The second-order valence-electron chi connectivity index (χ2n) is 7.99. The Labute approximate surface area is 185 Å². The first-order valence-corrected chi connectivity index (χ1v) is 12.4. The predicted molar refractivity (Wildman–Crippen MR) is 122 cm³/mol. The number of amides is 1. The van der Waals surface area contributed by atoms with Gasteiger partial charge in [0, 0.05) is 19.6 Å². The fourth-order valence-corrected chi connectivity index (χ4v) is 5.33. The van der Waals surface area contributed by atoms with Crippen molar-refractivity contribution in [3.05, 3.63) is 59.7 Å². The molecule has 6 nitrogen and oxygen atoms in total. The van der Waals surface area contributed by atoms with E-state index in [1.807, 2.05) is 38.1 Å². The SMILES string of the molecule is CCOc1ccc(CCCNC(=O)C2CCCN(S(=O)(=O)c3ccc(C)cc3)C2)cc1. The Hall–Kier alpha value is -2.38. The van der Waals surface area contributed by atoms with Crippen molar-refractivity contribution in [1.29, 1.82) is 0 Å². The molecule has 1 unspecified atom stereocenters. The van der Waals surface area contributed by atoms with E-state index in [1.54, 1.807) is 24.3 Å². The van der Waals surface area contributed by atoms with Gasteiger partial charge in [-0.15, -0.1) is 0 Å². The van der Waals surface area contributed by atoms with Gasteiger partial charge in [-0.1, -0.05) is 29.8 Å². The average Bonchev–Trinajstić information content (AvgIpc) is 2.78. The molecule has 1 fully saturated rings. The molecule has 0 aliphatic carbocycles. The highest BCUT2D eigenvalue weighted by Gasteiger charge is 2.33. The van der Waals surface area contributed by atoms with E-state index in [0.29, 0.717) is 32.5 Å². The van der Waals surface area contributed by atoms with E-state index in [4.69, 9.17) is 4.74 Å². The standard InChI is InChI=1S/C24H32N2O4S/c1-3-30-22-12-10-20(11-13-22)6-4-16-25-24(27)21-7-5-17-26(18-21)31(28,29)23-14-8-19(2)9-15-23/h8-15,21H,3-7,16-18H2,1-2H3,(H,25,27). The summed E-state index contributed by atoms with van der Waals surface area (Å²) in [5.74, 6) is 0.497. The number of nitrogens with one attached hydrogen (secondary N) is 1. The Kier molecular flexibility index (Phi) is 8.09. The summed E-state index contributed by atoms with van der Waals surface area (Å²) in [6, 6.07) is 14.9. The molecule has 1 aliphatic rings. The first kappa shape index (κ1) is 23.3. The molecular weight excluding hydrogens is 412 g/mol. The van der Waals surface area contributed by atoms with Crippen molar-refractivity contribution in [2.75, 3.05) is 26.2 Å². The van der Waals surface area contributed by atoms with Crippen LogP contribution in [0.3, 0.4) is 0 Å². The highest BCUT2D eigenvalue weighted by atomic mass is 32.2. The van der Waals surface area contributed by atoms with Crippen LogP contribution in [0.2, 0.25) is 0 Å². The summed E-state index contributed by atoms with van der Waals surface area (Å²) in [5, 5.41) is 2.99. The van der Waals surface area contributed by atoms with Crippen molar-refractivity contribution in [2.45, 2.75) is 44.4 Å². The van der Waals surface area contributed by atoms with Gasteiger partial charge in [-0.2, -0.15) is 4.31 Å². The van der Waals surface area contributed by atoms with Gasteiger partial charge < -0.3 is 10.1 Å². The third kappa shape index (κ3) is 6.31. The number of nitrogens with zero attached hydrogens (tertiary/aromatic N) is 1. The Morgan fingerprint density at radius 2 is 1.84 bits per heavy atom. The average molecular weight is 445 g/mol. The van der Waals surface area contributed by atoms with E-state index in [-0.39, 0.29) is 23.3 Å². The molecule has 0 saturated carbocycles. The number of piperidine rings is 1. The Morgan fingerprint density at radius 1 is 1.13 bits per heavy atom. The van der Waals surface area contributed by atoms with Crippen LogP contribution in [-0.4, -0.2) is 44.9 Å². The molecule has 1 saturated heterocycles. The fraction of sp³-hybridized carbons (Fsp3) is 0.458. The summed E-state index contributed by atoms with van der Waals surface area (Å²) < 4.78 is 32.8. The zero-order valence-corrected chi connectivity index (χ0v) is 19.2. The summed E-state index contributed by atoms with van der Waals surface area (Å²) in [6.07, 6.45) is 3.10. The van der Waals surface area contributed by atoms with E-state index in [0.717, 1.165) is 24.2 Å². The minimum atomic E-state index is -3.57. The van der Waals surface area contributed by atoms with Gasteiger partial charge in [0.1, 0.15) is 5.75 Å². The summed E-state index contributed by atoms with van der Waals surface area (Å²) >= 11 is 0. The number of hydrogen-bond donors (Lipinski definition) is 1. The number of benzene rings is 2. The second kappa shape index (κ2) is 10.8. The smallest absolute Gasteiger partial charge is 0.243 e. The topological polar surface area (TPSA) is 75.7 Å². The minimum absolute atomic E-state index is 0.0597. The summed E-state index contributed by atoms with van der Waals surface area (Å²) in [4.78, 5) is 12.9. The fourth-order valence-electron chi connectivity index (χ4n) is 3.80. The van der Waals surface area contributed by atoms with Gasteiger partial charge >= 0.3 is 0 Å². The molecule has 31 heavy (non-hydrogen) atoms. The molecule has 0 bridgehead atoms. The number of ether oxygens (including phenoxy) is 1. The van der Waals surface area contributed by atoms with Crippen molar-refractivity contribution in [3.8, 4) is 5.75 Å². The second-order valence-corrected chi connectivity index (χ2v) is 9.92. The molecule has 1 heterocycles. The van der Waals surface area contributed by atoms with E-state index >= 15 is 0 Å². The zero-order valence-electron chi connectivity index (χ0n) is 18.3. The monoisotopic (exact) mass is 444 g/mol. The van der Waals surface area contributed by atoms with Crippen LogP contribution in [0.25, 0.3) is 0 Å². The molecule has 2 aromatic rings. The molecule has 1 atom stereocenters. The van der Waals surface area contributed by atoms with Gasteiger partial charge in [0.15, 0.2) is 0 Å². The van der Waals surface area contributed by atoms with Crippen molar-refractivity contribution >= 4 is 15.9 Å². The maximum absolute atomic E-state index is 12.9. The molecule has 0 radical (unpaired) electrons. The van der Waals surface area contributed by atoms with Crippen LogP contribution in [0.1, 0.15) is 37.3 Å². The maximum Gasteiger partial charge on any atom is 0.243 e. The molecule has 168 valence electrons. The number of aryl methyl sites for hydroxylation is 2. The summed E-state index contributed by atoms with van der Waals surface area (Å²) in [5.41, 5.74) is 2.21. The Bertz CT molecular complexity index is 956. The van der Waals surface area contributed by atoms with Crippen molar-refractivity contribution in [2.24, 2.45) is 5.92 Å². The van der Waals surface area contributed by atoms with Crippen LogP contribution in [0, 0.1) is 12.8 Å². The minimum Gasteiger partial charge on any atom is -0.494 e. The van der Waals surface area contributed by atoms with Crippen molar-refractivity contribution in [3.63, 3.8) is 0 Å². The van der Waals surface area contributed by atoms with Crippen molar-refractivity contribution < 1.29 is 17.9 Å². The molecule has 2 aromatic carbocycles. The third-order valence-electron chi connectivity index (χ3n) is 5.59.